The maximum Gasteiger partial charge on any atom is 0.0383 e. The van der Waals surface area contributed by atoms with Gasteiger partial charge in [-0.3, -0.25) is 0 Å². The van der Waals surface area contributed by atoms with E-state index in [9.17, 15) is 0 Å². The minimum atomic E-state index is 0.997. The third-order valence-corrected chi connectivity index (χ3v) is 1.45. The fraction of sp³-hybridized carbons (Fsp3) is 0.429. The topological polar surface area (TPSA) is 3.24 Å². The van der Waals surface area contributed by atoms with Gasteiger partial charge in [0.2, 0.25) is 0 Å². The van der Waals surface area contributed by atoms with Crippen LogP contribution in [0, 0.1) is 0 Å². The molecule has 0 aromatic carbocycles. The minimum Gasteiger partial charge on any atom is -0.374 e. The van der Waals surface area contributed by atoms with Crippen molar-refractivity contribution >= 4 is 0 Å². The number of hydrogen-bond donors (Lipinski definition) is 0. The van der Waals surface area contributed by atoms with Gasteiger partial charge in [0.15, 0.2) is 0 Å². The Balaban J connectivity index is 2.64. The summed E-state index contributed by atoms with van der Waals surface area (Å²) in [6.07, 6.45) is 0.997. The van der Waals surface area contributed by atoms with Crippen LogP contribution in [0.25, 0.3) is 0 Å². The van der Waals surface area contributed by atoms with Crippen molar-refractivity contribution in [2.24, 2.45) is 0 Å². The van der Waals surface area contributed by atoms with Crippen LogP contribution in [0.4, 0.5) is 0 Å². The van der Waals surface area contributed by atoms with Crippen molar-refractivity contribution in [3.05, 3.63) is 24.4 Å². The minimum absolute atomic E-state index is 0.997. The molecule has 0 radical (unpaired) electrons. The lowest BCUT2D eigenvalue weighted by atomic mass is 10.2. The zero-order chi connectivity index (χ0) is 6.15. The lowest BCUT2D eigenvalue weighted by Crippen LogP contribution is -2.08. The monoisotopic (exact) mass is 109 g/mol. The molecule has 0 aromatic heterocycles. The fourth-order valence-corrected chi connectivity index (χ4v) is 0.927. The van der Waals surface area contributed by atoms with E-state index in [1.54, 1.807) is 0 Å². The highest BCUT2D eigenvalue weighted by molar-refractivity contribution is 5.17. The van der Waals surface area contributed by atoms with E-state index < -0.39 is 0 Å². The Kier molecular flexibility index (Phi) is 1.12. The van der Waals surface area contributed by atoms with Gasteiger partial charge in [-0.1, -0.05) is 18.7 Å². The molecule has 8 heavy (non-hydrogen) atoms. The summed E-state index contributed by atoms with van der Waals surface area (Å²) >= 11 is 0. The second-order valence-electron chi connectivity index (χ2n) is 2.35. The second-order valence-corrected chi connectivity index (χ2v) is 2.35. The van der Waals surface area contributed by atoms with E-state index in [0.717, 1.165) is 13.0 Å². The van der Waals surface area contributed by atoms with E-state index >= 15 is 0 Å². The van der Waals surface area contributed by atoms with E-state index in [-0.39, 0.29) is 0 Å². The third kappa shape index (κ3) is 0.760. The summed E-state index contributed by atoms with van der Waals surface area (Å²) in [5, 5.41) is 0. The van der Waals surface area contributed by atoms with E-state index in [2.05, 4.69) is 18.1 Å². The molecular formula is C7H11N. The Morgan fingerprint density at radius 3 is 2.25 bits per heavy atom. The molecule has 0 amide bonds. The molecule has 1 aliphatic heterocycles. The molecule has 1 nitrogen and oxygen atoms in total. The summed E-state index contributed by atoms with van der Waals surface area (Å²) in [5.41, 5.74) is 2.47. The zero-order valence-corrected chi connectivity index (χ0v) is 5.28. The Morgan fingerprint density at radius 1 is 1.50 bits per heavy atom. The SMILES string of the molecule is C=C1CC(=C)N(C)C1. The van der Waals surface area contributed by atoms with Gasteiger partial charge in [-0.25, -0.2) is 0 Å². The number of likely N-dealkylation sites (N-methyl/N-ethyl adjacent to an activating group) is 1. The van der Waals surface area contributed by atoms with Crippen LogP contribution < -0.4 is 0 Å². The van der Waals surface area contributed by atoms with E-state index in [4.69, 9.17) is 0 Å². The summed E-state index contributed by atoms with van der Waals surface area (Å²) in [6.45, 7) is 8.70. The summed E-state index contributed by atoms with van der Waals surface area (Å²) in [4.78, 5) is 2.13. The van der Waals surface area contributed by atoms with Gasteiger partial charge in [-0.15, -0.1) is 0 Å². The molecule has 44 valence electrons. The molecule has 0 atom stereocenters. The van der Waals surface area contributed by atoms with Crippen LogP contribution in [0.1, 0.15) is 6.42 Å². The van der Waals surface area contributed by atoms with Crippen molar-refractivity contribution in [2.75, 3.05) is 13.6 Å². The van der Waals surface area contributed by atoms with Crippen molar-refractivity contribution in [2.45, 2.75) is 6.42 Å². The van der Waals surface area contributed by atoms with Gasteiger partial charge in [0.05, 0.1) is 0 Å². The predicted octanol–water partition coefficient (Wildman–Crippen LogP) is 1.39. The largest absolute Gasteiger partial charge is 0.374 e. The van der Waals surface area contributed by atoms with E-state index in [0.29, 0.717) is 0 Å². The summed E-state index contributed by atoms with van der Waals surface area (Å²) in [6, 6.07) is 0. The first kappa shape index (κ1) is 5.42. The van der Waals surface area contributed by atoms with Gasteiger partial charge >= 0.3 is 0 Å². The molecule has 1 heterocycles. The van der Waals surface area contributed by atoms with Crippen molar-refractivity contribution < 1.29 is 0 Å². The molecule has 1 saturated heterocycles. The summed E-state index contributed by atoms with van der Waals surface area (Å²) in [7, 11) is 2.04. The van der Waals surface area contributed by atoms with Gasteiger partial charge in [-0.05, 0) is 0 Å². The summed E-state index contributed by atoms with van der Waals surface area (Å²) in [5.74, 6) is 0. The Labute approximate surface area is 50.3 Å². The number of nitrogens with zero attached hydrogens (tertiary/aromatic N) is 1. The maximum atomic E-state index is 3.85. The number of likely N-dealkylation sites (tertiary alicyclic amines) is 1. The van der Waals surface area contributed by atoms with Crippen LogP contribution in [-0.2, 0) is 0 Å². The van der Waals surface area contributed by atoms with Crippen molar-refractivity contribution in [1.29, 1.82) is 0 Å². The second kappa shape index (κ2) is 1.66. The van der Waals surface area contributed by atoms with Crippen LogP contribution >= 0.6 is 0 Å². The quantitative estimate of drug-likeness (QED) is 0.425. The van der Waals surface area contributed by atoms with Crippen molar-refractivity contribution in [3.8, 4) is 0 Å². The van der Waals surface area contributed by atoms with E-state index in [1.165, 1.54) is 11.3 Å². The normalized spacial score (nSPS) is 20.4. The van der Waals surface area contributed by atoms with Gasteiger partial charge < -0.3 is 4.90 Å². The lowest BCUT2D eigenvalue weighted by molar-refractivity contribution is 0.498. The van der Waals surface area contributed by atoms with Crippen molar-refractivity contribution in [1.82, 2.24) is 4.90 Å². The number of rotatable bonds is 0. The first-order valence-electron chi connectivity index (χ1n) is 2.75. The first-order chi connectivity index (χ1) is 3.70. The molecule has 1 fully saturated rings. The van der Waals surface area contributed by atoms with Crippen LogP contribution in [-0.4, -0.2) is 18.5 Å². The zero-order valence-electron chi connectivity index (χ0n) is 5.28. The van der Waals surface area contributed by atoms with Gasteiger partial charge in [0, 0.05) is 25.7 Å². The fourth-order valence-electron chi connectivity index (χ4n) is 0.927. The highest BCUT2D eigenvalue weighted by atomic mass is 15.1. The molecule has 0 aliphatic carbocycles. The molecule has 0 spiro atoms. The molecule has 1 heteroatoms. The maximum absolute atomic E-state index is 3.85. The van der Waals surface area contributed by atoms with Gasteiger partial charge in [-0.2, -0.15) is 0 Å². The van der Waals surface area contributed by atoms with Crippen molar-refractivity contribution in [3.63, 3.8) is 0 Å². The predicted molar refractivity (Wildman–Crippen MR) is 35.5 cm³/mol. The van der Waals surface area contributed by atoms with Crippen LogP contribution in [0.3, 0.4) is 0 Å². The number of allylic oxidation sites excluding steroid dienone is 1. The average molecular weight is 109 g/mol. The van der Waals surface area contributed by atoms with Crippen LogP contribution in [0.15, 0.2) is 24.4 Å². The molecule has 0 saturated carbocycles. The Hall–Kier alpha value is -0.720. The Bertz CT molecular complexity index is 135. The summed E-state index contributed by atoms with van der Waals surface area (Å²) < 4.78 is 0. The molecule has 1 aliphatic rings. The van der Waals surface area contributed by atoms with Gasteiger partial charge in [0.1, 0.15) is 0 Å². The molecular weight excluding hydrogens is 98.1 g/mol. The van der Waals surface area contributed by atoms with Gasteiger partial charge in [0.25, 0.3) is 0 Å². The first-order valence-corrected chi connectivity index (χ1v) is 2.75. The smallest absolute Gasteiger partial charge is 0.0383 e. The number of hydrogen-bond acceptors (Lipinski definition) is 1. The van der Waals surface area contributed by atoms with Crippen LogP contribution in [0.2, 0.25) is 0 Å². The molecule has 0 aromatic rings. The standard InChI is InChI=1S/C7H11N/c1-6-4-7(2)8(3)5-6/h1-2,4-5H2,3H3. The molecule has 1 rings (SSSR count). The third-order valence-electron chi connectivity index (χ3n) is 1.45. The lowest BCUT2D eigenvalue weighted by Gasteiger charge is -2.08. The Morgan fingerprint density at radius 2 is 2.12 bits per heavy atom. The van der Waals surface area contributed by atoms with Crippen LogP contribution in [0.5, 0.6) is 0 Å². The average Bonchev–Trinajstić information content (AvgIpc) is 1.85. The highest BCUT2D eigenvalue weighted by Crippen LogP contribution is 2.19. The molecule has 0 bridgehead atoms. The highest BCUT2D eigenvalue weighted by Gasteiger charge is 2.12. The van der Waals surface area contributed by atoms with E-state index in [1.807, 2.05) is 7.05 Å². The molecule has 0 N–H and O–H groups in total. The molecule has 0 unspecified atom stereocenters.